The molecule has 0 aromatic carbocycles. The second kappa shape index (κ2) is 5.02. The lowest BCUT2D eigenvalue weighted by Gasteiger charge is -2.34. The van der Waals surface area contributed by atoms with Crippen LogP contribution in [0.15, 0.2) is 18.3 Å². The molecule has 4 heteroatoms. The van der Waals surface area contributed by atoms with E-state index in [4.69, 9.17) is 10.5 Å². The molecule has 2 atom stereocenters. The average Bonchev–Trinajstić information content (AvgIpc) is 2.75. The van der Waals surface area contributed by atoms with E-state index in [1.165, 1.54) is 0 Å². The van der Waals surface area contributed by atoms with E-state index in [0.717, 1.165) is 31.6 Å². The Morgan fingerprint density at radius 3 is 3.06 bits per heavy atom. The lowest BCUT2D eigenvalue weighted by atomic mass is 9.88. The Morgan fingerprint density at radius 2 is 2.47 bits per heavy atom. The summed E-state index contributed by atoms with van der Waals surface area (Å²) in [7, 11) is 0. The monoisotopic (exact) mass is 235 g/mol. The first-order valence-corrected chi connectivity index (χ1v) is 6.25. The van der Waals surface area contributed by atoms with Crippen molar-refractivity contribution >= 4 is 5.82 Å². The molecule has 0 bridgehead atoms. The third-order valence-corrected chi connectivity index (χ3v) is 3.45. The Balaban J connectivity index is 2.32. The predicted molar refractivity (Wildman–Crippen MR) is 68.7 cm³/mol. The lowest BCUT2D eigenvalue weighted by Crippen LogP contribution is -2.41. The van der Waals surface area contributed by atoms with Crippen molar-refractivity contribution in [2.75, 3.05) is 18.9 Å². The highest BCUT2D eigenvalue weighted by atomic mass is 16.5. The molecule has 1 saturated heterocycles. The molecule has 2 rings (SSSR count). The van der Waals surface area contributed by atoms with E-state index in [9.17, 15) is 0 Å². The maximum absolute atomic E-state index is 5.97. The molecule has 0 aliphatic carbocycles. The van der Waals surface area contributed by atoms with Gasteiger partial charge in [0.2, 0.25) is 0 Å². The molecular weight excluding hydrogens is 214 g/mol. The van der Waals surface area contributed by atoms with Crippen LogP contribution >= 0.6 is 0 Å². The topological polar surface area (TPSA) is 60.2 Å². The minimum absolute atomic E-state index is 0.115. The van der Waals surface area contributed by atoms with Crippen LogP contribution in [0.5, 0.6) is 0 Å². The van der Waals surface area contributed by atoms with Crippen molar-refractivity contribution in [2.45, 2.75) is 38.3 Å². The molecule has 1 aromatic heterocycles. The number of likely N-dealkylation sites (N-methyl/N-ethyl adjacent to an activating group) is 1. The maximum atomic E-state index is 5.97. The van der Waals surface area contributed by atoms with E-state index in [-0.39, 0.29) is 11.6 Å². The van der Waals surface area contributed by atoms with E-state index >= 15 is 0 Å². The summed E-state index contributed by atoms with van der Waals surface area (Å²) >= 11 is 0. The highest BCUT2D eigenvalue weighted by Gasteiger charge is 2.39. The number of nitrogen functional groups attached to an aromatic ring is 1. The smallest absolute Gasteiger partial charge is 0.128 e. The second-order valence-electron chi connectivity index (χ2n) is 4.73. The van der Waals surface area contributed by atoms with E-state index in [1.807, 2.05) is 12.1 Å². The SMILES string of the molecule is CCNC(c1cccnc1N)C1(C)CCCO1. The number of nitrogens with one attached hydrogen (secondary N) is 1. The number of nitrogens with zero attached hydrogens (tertiary/aromatic N) is 1. The second-order valence-corrected chi connectivity index (χ2v) is 4.73. The van der Waals surface area contributed by atoms with Crippen LogP contribution in [0, 0.1) is 0 Å². The van der Waals surface area contributed by atoms with Crippen LogP contribution in [0.3, 0.4) is 0 Å². The Labute approximate surface area is 103 Å². The van der Waals surface area contributed by atoms with Crippen molar-refractivity contribution in [3.05, 3.63) is 23.9 Å². The number of hydrogen-bond acceptors (Lipinski definition) is 4. The van der Waals surface area contributed by atoms with Gasteiger partial charge in [-0.2, -0.15) is 0 Å². The minimum atomic E-state index is -0.173. The van der Waals surface area contributed by atoms with Gasteiger partial charge in [0.05, 0.1) is 11.6 Å². The van der Waals surface area contributed by atoms with Crippen molar-refractivity contribution in [3.63, 3.8) is 0 Å². The Hall–Kier alpha value is -1.13. The lowest BCUT2D eigenvalue weighted by molar-refractivity contribution is -0.0119. The quantitative estimate of drug-likeness (QED) is 0.836. The van der Waals surface area contributed by atoms with Crippen LogP contribution in [0.2, 0.25) is 0 Å². The third kappa shape index (κ3) is 2.42. The van der Waals surface area contributed by atoms with E-state index < -0.39 is 0 Å². The number of anilines is 1. The molecule has 0 amide bonds. The van der Waals surface area contributed by atoms with Crippen molar-refractivity contribution < 1.29 is 4.74 Å². The first kappa shape index (κ1) is 12.3. The number of aromatic nitrogens is 1. The van der Waals surface area contributed by atoms with Crippen LogP contribution in [0.4, 0.5) is 5.82 Å². The van der Waals surface area contributed by atoms with Gasteiger partial charge in [-0.25, -0.2) is 4.98 Å². The summed E-state index contributed by atoms with van der Waals surface area (Å²) in [6, 6.07) is 4.07. The fourth-order valence-corrected chi connectivity index (χ4v) is 2.56. The average molecular weight is 235 g/mol. The van der Waals surface area contributed by atoms with Gasteiger partial charge in [0, 0.05) is 18.4 Å². The summed E-state index contributed by atoms with van der Waals surface area (Å²) in [4.78, 5) is 4.17. The summed E-state index contributed by atoms with van der Waals surface area (Å²) < 4.78 is 5.92. The van der Waals surface area contributed by atoms with Gasteiger partial charge in [0.1, 0.15) is 5.82 Å². The van der Waals surface area contributed by atoms with Gasteiger partial charge in [0.15, 0.2) is 0 Å². The summed E-state index contributed by atoms with van der Waals surface area (Å²) in [5.74, 6) is 0.593. The fraction of sp³-hybridized carbons (Fsp3) is 0.615. The molecule has 1 aromatic rings. The summed E-state index contributed by atoms with van der Waals surface area (Å²) in [5.41, 5.74) is 6.84. The first-order chi connectivity index (χ1) is 8.17. The molecule has 4 nitrogen and oxygen atoms in total. The van der Waals surface area contributed by atoms with Crippen molar-refractivity contribution in [3.8, 4) is 0 Å². The minimum Gasteiger partial charge on any atom is -0.383 e. The molecule has 1 fully saturated rings. The predicted octanol–water partition coefficient (Wildman–Crippen LogP) is 1.88. The van der Waals surface area contributed by atoms with Crippen LogP contribution in [-0.4, -0.2) is 23.7 Å². The van der Waals surface area contributed by atoms with Crippen LogP contribution in [-0.2, 0) is 4.74 Å². The van der Waals surface area contributed by atoms with Crippen molar-refractivity contribution in [2.24, 2.45) is 0 Å². The van der Waals surface area contributed by atoms with Crippen molar-refractivity contribution in [1.29, 1.82) is 0 Å². The molecule has 1 aliphatic rings. The molecule has 94 valence electrons. The highest BCUT2D eigenvalue weighted by molar-refractivity contribution is 5.42. The number of pyridine rings is 1. The van der Waals surface area contributed by atoms with Gasteiger partial charge >= 0.3 is 0 Å². The van der Waals surface area contributed by atoms with E-state index in [2.05, 4.69) is 24.1 Å². The maximum Gasteiger partial charge on any atom is 0.128 e. The summed E-state index contributed by atoms with van der Waals surface area (Å²) in [6.07, 6.45) is 3.89. The van der Waals surface area contributed by atoms with E-state index in [0.29, 0.717) is 5.82 Å². The van der Waals surface area contributed by atoms with Gasteiger partial charge in [-0.1, -0.05) is 13.0 Å². The summed E-state index contributed by atoms with van der Waals surface area (Å²) in [5, 5.41) is 3.48. The number of rotatable bonds is 4. The molecule has 0 spiro atoms. The standard InChI is InChI=1S/C13H21N3O/c1-3-15-11(13(2)7-5-9-17-13)10-6-4-8-16-12(10)14/h4,6,8,11,15H,3,5,7,9H2,1-2H3,(H2,14,16). The van der Waals surface area contributed by atoms with Crippen molar-refractivity contribution in [1.82, 2.24) is 10.3 Å². The molecule has 2 unspecified atom stereocenters. The van der Waals surface area contributed by atoms with Crippen LogP contribution < -0.4 is 11.1 Å². The van der Waals surface area contributed by atoms with Gasteiger partial charge in [0.25, 0.3) is 0 Å². The molecular formula is C13H21N3O. The Kier molecular flexibility index (Phi) is 3.64. The Bertz CT molecular complexity index is 375. The highest BCUT2D eigenvalue weighted by Crippen LogP contribution is 2.38. The zero-order valence-corrected chi connectivity index (χ0v) is 10.6. The van der Waals surface area contributed by atoms with Gasteiger partial charge in [-0.05, 0) is 32.4 Å². The molecule has 2 heterocycles. The van der Waals surface area contributed by atoms with Crippen LogP contribution in [0.25, 0.3) is 0 Å². The molecule has 17 heavy (non-hydrogen) atoms. The van der Waals surface area contributed by atoms with Crippen LogP contribution in [0.1, 0.15) is 38.3 Å². The zero-order chi connectivity index (χ0) is 12.3. The van der Waals surface area contributed by atoms with Gasteiger partial charge in [-0.3, -0.25) is 0 Å². The zero-order valence-electron chi connectivity index (χ0n) is 10.6. The number of hydrogen-bond donors (Lipinski definition) is 2. The first-order valence-electron chi connectivity index (χ1n) is 6.25. The third-order valence-electron chi connectivity index (χ3n) is 3.45. The number of nitrogens with two attached hydrogens (primary N) is 1. The molecule has 1 aliphatic heterocycles. The molecule has 0 radical (unpaired) electrons. The number of ether oxygens (including phenoxy) is 1. The fourth-order valence-electron chi connectivity index (χ4n) is 2.56. The summed E-state index contributed by atoms with van der Waals surface area (Å²) in [6.45, 7) is 5.97. The van der Waals surface area contributed by atoms with Gasteiger partial charge < -0.3 is 15.8 Å². The Morgan fingerprint density at radius 1 is 1.65 bits per heavy atom. The molecule has 3 N–H and O–H groups in total. The van der Waals surface area contributed by atoms with E-state index in [1.54, 1.807) is 6.20 Å². The molecule has 0 saturated carbocycles. The van der Waals surface area contributed by atoms with Gasteiger partial charge in [-0.15, -0.1) is 0 Å². The largest absolute Gasteiger partial charge is 0.383 e. The normalized spacial score (nSPS) is 26.0.